The molecule has 3 nitrogen and oxygen atoms in total. The second kappa shape index (κ2) is 8.52. The summed E-state index contributed by atoms with van der Waals surface area (Å²) in [6.07, 6.45) is 0.838. The summed E-state index contributed by atoms with van der Waals surface area (Å²) < 4.78 is 6.75. The zero-order valence-electron chi connectivity index (χ0n) is 15.6. The number of halogens is 1. The monoisotopic (exact) mass is 403 g/mol. The quantitative estimate of drug-likeness (QED) is 0.707. The number of benzene rings is 2. The molecule has 25 heavy (non-hydrogen) atoms. The lowest BCUT2D eigenvalue weighted by atomic mass is 9.99. The molecule has 2 rings (SSSR count). The van der Waals surface area contributed by atoms with Crippen LogP contribution < -0.4 is 10.1 Å². The molecule has 4 heteroatoms. The number of rotatable bonds is 6. The van der Waals surface area contributed by atoms with Crippen molar-refractivity contribution in [2.24, 2.45) is 0 Å². The van der Waals surface area contributed by atoms with E-state index in [0.717, 1.165) is 27.6 Å². The van der Waals surface area contributed by atoms with Crippen LogP contribution in [-0.4, -0.2) is 12.5 Å². The first-order valence-electron chi connectivity index (χ1n) is 8.57. The van der Waals surface area contributed by atoms with Crippen LogP contribution in [0.4, 0.5) is 0 Å². The molecule has 0 unspecified atom stereocenters. The largest absolute Gasteiger partial charge is 0.484 e. The third kappa shape index (κ3) is 5.08. The molecule has 0 saturated heterocycles. The van der Waals surface area contributed by atoms with E-state index in [1.165, 1.54) is 11.1 Å². The van der Waals surface area contributed by atoms with Crippen molar-refractivity contribution in [3.05, 3.63) is 62.6 Å². The van der Waals surface area contributed by atoms with Crippen LogP contribution in [0.3, 0.4) is 0 Å². The molecule has 134 valence electrons. The van der Waals surface area contributed by atoms with E-state index in [9.17, 15) is 4.79 Å². The van der Waals surface area contributed by atoms with Crippen LogP contribution >= 0.6 is 15.9 Å². The molecule has 0 aliphatic carbocycles. The van der Waals surface area contributed by atoms with Crippen molar-refractivity contribution >= 4 is 21.8 Å². The molecule has 0 heterocycles. The lowest BCUT2D eigenvalue weighted by Crippen LogP contribution is -2.32. The van der Waals surface area contributed by atoms with E-state index < -0.39 is 0 Å². The summed E-state index contributed by atoms with van der Waals surface area (Å²) >= 11 is 3.54. The number of carbonyl (C=O) groups excluding carboxylic acids is 1. The van der Waals surface area contributed by atoms with Crippen LogP contribution in [0, 0.1) is 27.7 Å². The molecule has 1 atom stereocenters. The van der Waals surface area contributed by atoms with Gasteiger partial charge in [0.2, 0.25) is 0 Å². The molecule has 0 radical (unpaired) electrons. The third-order valence-corrected chi connectivity index (χ3v) is 5.71. The molecule has 0 saturated carbocycles. The number of hydrogen-bond acceptors (Lipinski definition) is 2. The molecular formula is C21H26BrNO2. The van der Waals surface area contributed by atoms with Gasteiger partial charge in [-0.3, -0.25) is 4.79 Å². The van der Waals surface area contributed by atoms with Gasteiger partial charge in [0, 0.05) is 4.47 Å². The molecule has 1 N–H and O–H groups in total. The number of ether oxygens (including phenoxy) is 1. The van der Waals surface area contributed by atoms with Gasteiger partial charge < -0.3 is 10.1 Å². The van der Waals surface area contributed by atoms with Gasteiger partial charge in [-0.2, -0.15) is 0 Å². The Labute approximate surface area is 158 Å². The van der Waals surface area contributed by atoms with E-state index in [2.05, 4.69) is 60.2 Å². The Morgan fingerprint density at radius 2 is 1.68 bits per heavy atom. The van der Waals surface area contributed by atoms with E-state index in [1.807, 2.05) is 26.0 Å². The topological polar surface area (TPSA) is 38.3 Å². The van der Waals surface area contributed by atoms with Crippen molar-refractivity contribution in [3.8, 4) is 5.75 Å². The molecule has 2 aromatic carbocycles. The Kier molecular flexibility index (Phi) is 6.65. The first kappa shape index (κ1) is 19.5. The Morgan fingerprint density at radius 3 is 2.24 bits per heavy atom. The number of aryl methyl sites for hydroxylation is 4. The minimum Gasteiger partial charge on any atom is -0.484 e. The van der Waals surface area contributed by atoms with Gasteiger partial charge in [-0.05, 0) is 74.1 Å². The SMILES string of the molecule is CC[C@@H](NC(=O)COc1cc(C)c(Br)c(C)c1)c1ccc(C)c(C)c1. The predicted octanol–water partition coefficient (Wildman–Crippen LogP) is 5.33. The first-order valence-corrected chi connectivity index (χ1v) is 9.37. The molecule has 0 aromatic heterocycles. The summed E-state index contributed by atoms with van der Waals surface area (Å²) in [5.41, 5.74) is 5.82. The molecule has 2 aromatic rings. The fraction of sp³-hybridized carbons (Fsp3) is 0.381. The molecule has 1 amide bonds. The van der Waals surface area contributed by atoms with Gasteiger partial charge >= 0.3 is 0 Å². The van der Waals surface area contributed by atoms with Crippen LogP contribution in [0.5, 0.6) is 5.75 Å². The van der Waals surface area contributed by atoms with Gasteiger partial charge in [-0.25, -0.2) is 0 Å². The Morgan fingerprint density at radius 1 is 1.04 bits per heavy atom. The normalized spacial score (nSPS) is 11.9. The highest BCUT2D eigenvalue weighted by molar-refractivity contribution is 9.10. The predicted molar refractivity (Wildman–Crippen MR) is 106 cm³/mol. The maximum atomic E-state index is 12.3. The second-order valence-electron chi connectivity index (χ2n) is 6.53. The van der Waals surface area contributed by atoms with Gasteiger partial charge in [-0.1, -0.05) is 41.1 Å². The minimum atomic E-state index is -0.108. The van der Waals surface area contributed by atoms with Crippen LogP contribution in [0.25, 0.3) is 0 Å². The number of nitrogens with one attached hydrogen (secondary N) is 1. The highest BCUT2D eigenvalue weighted by Gasteiger charge is 2.14. The Balaban J connectivity index is 1.99. The second-order valence-corrected chi connectivity index (χ2v) is 7.32. The Hall–Kier alpha value is -1.81. The summed E-state index contributed by atoms with van der Waals surface area (Å²) in [6.45, 7) is 10.3. The Bertz CT molecular complexity index is 747. The first-order chi connectivity index (χ1) is 11.8. The summed E-state index contributed by atoms with van der Waals surface area (Å²) in [5, 5.41) is 3.07. The van der Waals surface area contributed by atoms with Crippen molar-refractivity contribution in [1.29, 1.82) is 0 Å². The summed E-state index contributed by atoms with van der Waals surface area (Å²) in [4.78, 5) is 12.3. The molecule has 0 bridgehead atoms. The summed E-state index contributed by atoms with van der Waals surface area (Å²) in [7, 11) is 0. The van der Waals surface area contributed by atoms with Crippen LogP contribution in [-0.2, 0) is 4.79 Å². The standard InChI is InChI=1S/C21H26BrNO2/c1-6-19(17-8-7-13(2)14(3)9-17)23-20(24)12-25-18-10-15(4)21(22)16(5)11-18/h7-11,19H,6,12H2,1-5H3,(H,23,24)/t19-/m1/s1. The van der Waals surface area contributed by atoms with Crippen LogP contribution in [0.2, 0.25) is 0 Å². The third-order valence-electron chi connectivity index (χ3n) is 4.46. The maximum absolute atomic E-state index is 12.3. The molecular weight excluding hydrogens is 378 g/mol. The van der Waals surface area contributed by atoms with Gasteiger partial charge in [0.1, 0.15) is 5.75 Å². The smallest absolute Gasteiger partial charge is 0.258 e. The van der Waals surface area contributed by atoms with Gasteiger partial charge in [0.25, 0.3) is 5.91 Å². The van der Waals surface area contributed by atoms with Crippen LogP contribution in [0.1, 0.15) is 47.2 Å². The van der Waals surface area contributed by atoms with Gasteiger partial charge in [0.05, 0.1) is 6.04 Å². The number of carbonyl (C=O) groups is 1. The highest BCUT2D eigenvalue weighted by atomic mass is 79.9. The lowest BCUT2D eigenvalue weighted by molar-refractivity contribution is -0.123. The number of hydrogen-bond donors (Lipinski definition) is 1. The van der Waals surface area contributed by atoms with E-state index in [1.54, 1.807) is 0 Å². The van der Waals surface area contributed by atoms with Crippen molar-refractivity contribution in [2.75, 3.05) is 6.61 Å². The summed E-state index contributed by atoms with van der Waals surface area (Å²) in [6, 6.07) is 10.2. The lowest BCUT2D eigenvalue weighted by Gasteiger charge is -2.19. The van der Waals surface area contributed by atoms with Gasteiger partial charge in [-0.15, -0.1) is 0 Å². The average molecular weight is 404 g/mol. The van der Waals surface area contributed by atoms with Gasteiger partial charge in [0.15, 0.2) is 6.61 Å². The molecule has 0 spiro atoms. The average Bonchev–Trinajstić information content (AvgIpc) is 2.58. The summed E-state index contributed by atoms with van der Waals surface area (Å²) in [5.74, 6) is 0.607. The van der Waals surface area contributed by atoms with E-state index in [-0.39, 0.29) is 18.6 Å². The van der Waals surface area contributed by atoms with Crippen molar-refractivity contribution in [3.63, 3.8) is 0 Å². The van der Waals surface area contributed by atoms with Crippen LogP contribution in [0.15, 0.2) is 34.8 Å². The number of amides is 1. The molecule has 0 fully saturated rings. The van der Waals surface area contributed by atoms with Crippen molar-refractivity contribution in [2.45, 2.75) is 47.1 Å². The molecule has 0 aliphatic heterocycles. The van der Waals surface area contributed by atoms with E-state index >= 15 is 0 Å². The highest BCUT2D eigenvalue weighted by Crippen LogP contribution is 2.26. The van der Waals surface area contributed by atoms with Crippen molar-refractivity contribution < 1.29 is 9.53 Å². The van der Waals surface area contributed by atoms with E-state index in [0.29, 0.717) is 5.75 Å². The fourth-order valence-electron chi connectivity index (χ4n) is 2.78. The fourth-order valence-corrected chi connectivity index (χ4v) is 3.01. The minimum absolute atomic E-state index is 0.00351. The zero-order chi connectivity index (χ0) is 18.6. The van der Waals surface area contributed by atoms with Crippen molar-refractivity contribution in [1.82, 2.24) is 5.32 Å². The molecule has 0 aliphatic rings. The maximum Gasteiger partial charge on any atom is 0.258 e. The van der Waals surface area contributed by atoms with E-state index in [4.69, 9.17) is 4.74 Å². The zero-order valence-corrected chi connectivity index (χ0v) is 17.2.